The maximum Gasteiger partial charge on any atom is 0.325 e. The van der Waals surface area contributed by atoms with Crippen LogP contribution < -0.4 is 10.6 Å². The van der Waals surface area contributed by atoms with Crippen LogP contribution in [0.1, 0.15) is 41.7 Å². The Morgan fingerprint density at radius 2 is 1.94 bits per heavy atom. The predicted octanol–water partition coefficient (Wildman–Crippen LogP) is 2.74. The number of H-pyrrole nitrogens is 1. The number of aromatic amines is 1. The van der Waals surface area contributed by atoms with Gasteiger partial charge in [-0.1, -0.05) is 24.2 Å². The molecule has 0 atom stereocenters. The number of aliphatic carboxylic acids is 1. The van der Waals surface area contributed by atoms with E-state index in [4.69, 9.17) is 5.11 Å². The number of hydrogen-bond acceptors (Lipinski definition) is 9. The van der Waals surface area contributed by atoms with Gasteiger partial charge in [0.1, 0.15) is 0 Å². The van der Waals surface area contributed by atoms with E-state index in [0.29, 0.717) is 16.9 Å². The summed E-state index contributed by atoms with van der Waals surface area (Å²) in [6.07, 6.45) is 8.27. The molecule has 0 radical (unpaired) electrons. The molecular formula is C20H20N6O6S2. The predicted molar refractivity (Wildman–Crippen MR) is 121 cm³/mol. The number of aromatic nitrogens is 4. The summed E-state index contributed by atoms with van der Waals surface area (Å²) in [5.74, 6) is -1.46. The zero-order chi connectivity index (χ0) is 24.3. The van der Waals surface area contributed by atoms with Gasteiger partial charge in [0.2, 0.25) is 5.16 Å². The van der Waals surface area contributed by atoms with E-state index in [2.05, 4.69) is 30.6 Å². The highest BCUT2D eigenvalue weighted by Crippen LogP contribution is 2.32. The average molecular weight is 505 g/mol. The number of carbonyl (C=O) groups excluding carboxylic acids is 2. The summed E-state index contributed by atoms with van der Waals surface area (Å²) in [5.41, 5.74) is 0.314. The Hall–Kier alpha value is -3.65. The van der Waals surface area contributed by atoms with Crippen molar-refractivity contribution < 1.29 is 27.9 Å². The molecule has 4 rings (SSSR count). The van der Waals surface area contributed by atoms with Crippen LogP contribution in [0.5, 0.6) is 0 Å². The first kappa shape index (κ1) is 23.5. The Morgan fingerprint density at radius 1 is 1.18 bits per heavy atom. The Morgan fingerprint density at radius 3 is 2.62 bits per heavy atom. The van der Waals surface area contributed by atoms with Gasteiger partial charge in [0.05, 0.1) is 24.0 Å². The number of sulfone groups is 1. The summed E-state index contributed by atoms with van der Waals surface area (Å²) in [5, 5.41) is 13.6. The molecule has 3 heterocycles. The van der Waals surface area contributed by atoms with Crippen molar-refractivity contribution in [2.75, 3.05) is 10.6 Å². The normalized spacial score (nSPS) is 14.1. The zero-order valence-electron chi connectivity index (χ0n) is 17.6. The first-order valence-electron chi connectivity index (χ1n) is 10.3. The van der Waals surface area contributed by atoms with Gasteiger partial charge in [0, 0.05) is 30.1 Å². The van der Waals surface area contributed by atoms with Gasteiger partial charge in [-0.2, -0.15) is 0 Å². The van der Waals surface area contributed by atoms with Crippen LogP contribution in [0.3, 0.4) is 0 Å². The lowest BCUT2D eigenvalue weighted by Crippen LogP contribution is -2.22. The van der Waals surface area contributed by atoms with Crippen LogP contribution in [0.2, 0.25) is 0 Å². The third-order valence-electron chi connectivity index (χ3n) is 5.23. The lowest BCUT2D eigenvalue weighted by atomic mass is 9.96. The quantitative estimate of drug-likeness (QED) is 0.335. The highest BCUT2D eigenvalue weighted by molar-refractivity contribution is 7.93. The number of amides is 2. The van der Waals surface area contributed by atoms with Crippen molar-refractivity contribution in [3.8, 4) is 0 Å². The SMILES string of the molecule is O=C(O)Cc1nc(NC(=O)Nc2cnccc2C(=O)C2CCCC2)sc1S(=O)(=O)c1ncc[nH]1. The zero-order valence-corrected chi connectivity index (χ0v) is 19.3. The van der Waals surface area contributed by atoms with Crippen LogP contribution in [-0.2, 0) is 21.1 Å². The van der Waals surface area contributed by atoms with Gasteiger partial charge in [-0.05, 0) is 18.9 Å². The van der Waals surface area contributed by atoms with Crippen LogP contribution in [0.15, 0.2) is 40.2 Å². The second-order valence-corrected chi connectivity index (χ2v) is 10.6. The summed E-state index contributed by atoms with van der Waals surface area (Å²) < 4.78 is 25.3. The van der Waals surface area contributed by atoms with Crippen LogP contribution in [0.25, 0.3) is 0 Å². The van der Waals surface area contributed by atoms with Crippen molar-refractivity contribution in [1.82, 2.24) is 19.9 Å². The minimum absolute atomic E-state index is 0.0694. The molecule has 1 saturated carbocycles. The van der Waals surface area contributed by atoms with Crippen LogP contribution >= 0.6 is 11.3 Å². The van der Waals surface area contributed by atoms with Gasteiger partial charge in [0.25, 0.3) is 9.84 Å². The van der Waals surface area contributed by atoms with Crippen molar-refractivity contribution in [2.24, 2.45) is 5.92 Å². The molecule has 12 nitrogen and oxygen atoms in total. The fraction of sp³-hybridized carbons (Fsp3) is 0.300. The molecule has 0 bridgehead atoms. The van der Waals surface area contributed by atoms with E-state index in [9.17, 15) is 22.8 Å². The fourth-order valence-corrected chi connectivity index (χ4v) is 6.36. The number of Topliss-reactive ketones (excluding diaryl/α,β-unsaturated/α-hetero) is 1. The smallest absolute Gasteiger partial charge is 0.325 e. The lowest BCUT2D eigenvalue weighted by Gasteiger charge is -2.13. The molecule has 1 aliphatic carbocycles. The molecule has 14 heteroatoms. The van der Waals surface area contributed by atoms with E-state index in [-0.39, 0.29) is 37.6 Å². The summed E-state index contributed by atoms with van der Waals surface area (Å²) >= 11 is 0.600. The van der Waals surface area contributed by atoms with Crippen molar-refractivity contribution in [2.45, 2.75) is 41.5 Å². The van der Waals surface area contributed by atoms with E-state index in [1.807, 2.05) is 0 Å². The summed E-state index contributed by atoms with van der Waals surface area (Å²) in [6.45, 7) is 0. The molecule has 0 unspecified atom stereocenters. The highest BCUT2D eigenvalue weighted by Gasteiger charge is 2.30. The van der Waals surface area contributed by atoms with E-state index in [1.165, 1.54) is 24.8 Å². The number of nitrogens with one attached hydrogen (secondary N) is 3. The minimum Gasteiger partial charge on any atom is -0.481 e. The number of rotatable bonds is 8. The van der Waals surface area contributed by atoms with E-state index in [0.717, 1.165) is 25.7 Å². The van der Waals surface area contributed by atoms with E-state index >= 15 is 0 Å². The molecule has 3 aromatic heterocycles. The Balaban J connectivity index is 1.56. The number of imidazole rings is 1. The summed E-state index contributed by atoms with van der Waals surface area (Å²) in [6, 6.07) is 0.754. The molecule has 1 aliphatic rings. The van der Waals surface area contributed by atoms with Crippen molar-refractivity contribution in [3.05, 3.63) is 42.1 Å². The molecule has 1 fully saturated rings. The molecule has 0 saturated heterocycles. The number of nitrogens with zero attached hydrogens (tertiary/aromatic N) is 3. The maximum absolute atomic E-state index is 12.8. The number of urea groups is 1. The molecule has 34 heavy (non-hydrogen) atoms. The van der Waals surface area contributed by atoms with Crippen molar-refractivity contribution >= 4 is 49.8 Å². The number of carbonyl (C=O) groups is 3. The molecule has 178 valence electrons. The number of thiazole rings is 1. The van der Waals surface area contributed by atoms with Crippen LogP contribution in [0.4, 0.5) is 15.6 Å². The molecule has 2 amide bonds. The molecule has 0 spiro atoms. The highest BCUT2D eigenvalue weighted by atomic mass is 32.2. The second-order valence-electron chi connectivity index (χ2n) is 7.57. The van der Waals surface area contributed by atoms with Crippen LogP contribution in [0, 0.1) is 5.92 Å². The number of hydrogen-bond donors (Lipinski definition) is 4. The number of carboxylic acids is 1. The van der Waals surface area contributed by atoms with Crippen molar-refractivity contribution in [1.29, 1.82) is 0 Å². The summed E-state index contributed by atoms with van der Waals surface area (Å²) in [7, 11) is -4.17. The fourth-order valence-electron chi connectivity index (χ4n) is 3.71. The lowest BCUT2D eigenvalue weighted by molar-refractivity contribution is -0.136. The van der Waals surface area contributed by atoms with Gasteiger partial charge in [0.15, 0.2) is 15.1 Å². The van der Waals surface area contributed by atoms with E-state index in [1.54, 1.807) is 6.07 Å². The number of anilines is 2. The first-order chi connectivity index (χ1) is 16.3. The van der Waals surface area contributed by atoms with Gasteiger partial charge >= 0.3 is 12.0 Å². The second kappa shape index (κ2) is 9.69. The molecule has 3 aromatic rings. The topological polar surface area (TPSA) is 184 Å². The third kappa shape index (κ3) is 4.97. The minimum atomic E-state index is -4.17. The van der Waals surface area contributed by atoms with Gasteiger partial charge < -0.3 is 15.4 Å². The van der Waals surface area contributed by atoms with Crippen molar-refractivity contribution in [3.63, 3.8) is 0 Å². The standard InChI is InChI=1S/C20H20N6O6S2/c27-15(28)9-13-17(34(31,32)20-22-7-8-23-20)33-19(25-13)26-18(30)24-14-10-21-6-5-12(14)16(29)11-3-1-2-4-11/h5-8,10-11H,1-4,9H2,(H,22,23)(H,27,28)(H2,24,25,26,30). The number of pyridine rings is 1. The molecule has 0 aliphatic heterocycles. The molecule has 0 aromatic carbocycles. The van der Waals surface area contributed by atoms with Crippen LogP contribution in [-0.4, -0.2) is 51.2 Å². The summed E-state index contributed by atoms with van der Waals surface area (Å²) in [4.78, 5) is 50.8. The first-order valence-corrected chi connectivity index (χ1v) is 12.6. The third-order valence-corrected chi connectivity index (χ3v) is 8.41. The molecule has 4 N–H and O–H groups in total. The Kier molecular flexibility index (Phi) is 6.70. The number of carboxylic acid groups (broad SMARTS) is 1. The van der Waals surface area contributed by atoms with Gasteiger partial charge in [-0.15, -0.1) is 0 Å². The van der Waals surface area contributed by atoms with Gasteiger partial charge in [-0.25, -0.2) is 23.2 Å². The Bertz CT molecular complexity index is 1330. The Labute approximate surface area is 197 Å². The maximum atomic E-state index is 12.8. The largest absolute Gasteiger partial charge is 0.481 e. The van der Waals surface area contributed by atoms with Gasteiger partial charge in [-0.3, -0.25) is 19.9 Å². The number of ketones is 1. The molecular weight excluding hydrogens is 484 g/mol. The monoisotopic (exact) mass is 504 g/mol. The van der Waals surface area contributed by atoms with E-state index < -0.39 is 28.3 Å². The average Bonchev–Trinajstić information content (AvgIpc) is 3.55.